The number of ether oxygens (including phenoxy) is 2. The van der Waals surface area contributed by atoms with Crippen molar-refractivity contribution in [2.75, 3.05) is 14.2 Å². The lowest BCUT2D eigenvalue weighted by molar-refractivity contribution is 0.333. The number of rotatable bonds is 4. The summed E-state index contributed by atoms with van der Waals surface area (Å²) in [4.78, 5) is 0. The lowest BCUT2D eigenvalue weighted by atomic mass is 9.79. The Balaban J connectivity index is 1.55. The van der Waals surface area contributed by atoms with Crippen molar-refractivity contribution in [3.63, 3.8) is 0 Å². The Morgan fingerprint density at radius 1 is 0.731 bits per heavy atom. The van der Waals surface area contributed by atoms with E-state index in [9.17, 15) is 0 Å². The van der Waals surface area contributed by atoms with Gasteiger partial charge < -0.3 is 9.47 Å². The molecule has 0 radical (unpaired) electrons. The molecule has 2 aromatic carbocycles. The summed E-state index contributed by atoms with van der Waals surface area (Å²) in [6.07, 6.45) is 4.99. The number of benzene rings is 2. The molecule has 0 saturated heterocycles. The molecular weight excluding hydrogens is 320 g/mol. The van der Waals surface area contributed by atoms with Gasteiger partial charge in [0.25, 0.3) is 0 Å². The molecule has 0 bridgehead atoms. The van der Waals surface area contributed by atoms with Gasteiger partial charge in [-0.15, -0.1) is 0 Å². The van der Waals surface area contributed by atoms with Gasteiger partial charge in [0.05, 0.1) is 14.2 Å². The molecule has 3 aliphatic carbocycles. The molecule has 26 heavy (non-hydrogen) atoms. The Morgan fingerprint density at radius 3 is 1.58 bits per heavy atom. The SMILES string of the molecule is COc1cccc(C2=CC3(C)C=C(c4cccc(OC)c4)C4C2C43C)c1. The van der Waals surface area contributed by atoms with Crippen LogP contribution in [0, 0.1) is 22.7 Å². The van der Waals surface area contributed by atoms with Gasteiger partial charge in [0.1, 0.15) is 11.5 Å². The summed E-state index contributed by atoms with van der Waals surface area (Å²) in [6, 6.07) is 17.0. The third-order valence-corrected chi connectivity index (χ3v) is 7.06. The number of methoxy groups -OCH3 is 2. The van der Waals surface area contributed by atoms with Crippen molar-refractivity contribution >= 4 is 11.1 Å². The average molecular weight is 344 g/mol. The lowest BCUT2D eigenvalue weighted by Gasteiger charge is -2.24. The summed E-state index contributed by atoms with van der Waals surface area (Å²) >= 11 is 0. The Bertz CT molecular complexity index is 894. The van der Waals surface area contributed by atoms with Gasteiger partial charge in [-0.05, 0) is 63.8 Å². The van der Waals surface area contributed by atoms with Crippen LogP contribution in [0.5, 0.6) is 11.5 Å². The monoisotopic (exact) mass is 344 g/mol. The van der Waals surface area contributed by atoms with Crippen molar-refractivity contribution in [3.8, 4) is 11.5 Å². The fourth-order valence-corrected chi connectivity index (χ4v) is 5.50. The summed E-state index contributed by atoms with van der Waals surface area (Å²) in [5, 5.41) is 0. The Hall–Kier alpha value is -2.48. The van der Waals surface area contributed by atoms with Crippen molar-refractivity contribution in [2.45, 2.75) is 13.8 Å². The van der Waals surface area contributed by atoms with E-state index in [0.717, 1.165) is 11.5 Å². The predicted molar refractivity (Wildman–Crippen MR) is 105 cm³/mol. The van der Waals surface area contributed by atoms with E-state index in [1.807, 2.05) is 12.1 Å². The predicted octanol–water partition coefficient (Wildman–Crippen LogP) is 5.46. The van der Waals surface area contributed by atoms with Crippen LogP contribution in [0.2, 0.25) is 0 Å². The van der Waals surface area contributed by atoms with E-state index in [-0.39, 0.29) is 5.41 Å². The first-order valence-electron chi connectivity index (χ1n) is 9.26. The smallest absolute Gasteiger partial charge is 0.119 e. The second-order valence-electron chi connectivity index (χ2n) is 8.18. The number of hydrogen-bond donors (Lipinski definition) is 0. The van der Waals surface area contributed by atoms with E-state index in [4.69, 9.17) is 9.47 Å². The van der Waals surface area contributed by atoms with Crippen LogP contribution in [0.15, 0.2) is 60.7 Å². The molecule has 0 spiro atoms. The first kappa shape index (κ1) is 15.7. The molecular formula is C24H24O2. The number of fused-ring (bicyclic) bond motifs is 1. The highest BCUT2D eigenvalue weighted by molar-refractivity contribution is 5.89. The van der Waals surface area contributed by atoms with Gasteiger partial charge in [0.2, 0.25) is 0 Å². The highest BCUT2D eigenvalue weighted by atomic mass is 16.5. The second kappa shape index (κ2) is 5.03. The second-order valence-corrected chi connectivity index (χ2v) is 8.18. The molecule has 2 unspecified atom stereocenters. The maximum absolute atomic E-state index is 5.44. The van der Waals surface area contributed by atoms with Crippen molar-refractivity contribution in [3.05, 3.63) is 71.8 Å². The van der Waals surface area contributed by atoms with Gasteiger partial charge in [0.15, 0.2) is 0 Å². The van der Waals surface area contributed by atoms with Gasteiger partial charge in [-0.25, -0.2) is 0 Å². The third kappa shape index (κ3) is 1.82. The third-order valence-electron chi connectivity index (χ3n) is 7.06. The Morgan fingerprint density at radius 2 is 1.19 bits per heavy atom. The maximum atomic E-state index is 5.44. The Labute approximate surface area is 155 Å². The normalized spacial score (nSPS) is 33.4. The molecule has 0 amide bonds. The molecule has 5 rings (SSSR count). The first-order chi connectivity index (χ1) is 12.5. The minimum atomic E-state index is 0.110. The van der Waals surface area contributed by atoms with Crippen molar-refractivity contribution in [2.24, 2.45) is 22.7 Å². The largest absolute Gasteiger partial charge is 0.497 e. The zero-order chi connectivity index (χ0) is 18.1. The van der Waals surface area contributed by atoms with E-state index >= 15 is 0 Å². The highest BCUT2D eigenvalue weighted by Gasteiger charge is 2.76. The van der Waals surface area contributed by atoms with Gasteiger partial charge in [-0.1, -0.05) is 50.3 Å². The first-order valence-corrected chi connectivity index (χ1v) is 9.26. The molecule has 3 aliphatic rings. The molecule has 2 aromatic rings. The van der Waals surface area contributed by atoms with E-state index in [0.29, 0.717) is 17.3 Å². The lowest BCUT2D eigenvalue weighted by Crippen LogP contribution is -2.18. The van der Waals surface area contributed by atoms with Crippen molar-refractivity contribution < 1.29 is 9.47 Å². The van der Waals surface area contributed by atoms with Gasteiger partial charge in [-0.2, -0.15) is 0 Å². The van der Waals surface area contributed by atoms with Crippen LogP contribution in [0.3, 0.4) is 0 Å². The summed E-state index contributed by atoms with van der Waals surface area (Å²) in [7, 11) is 3.47. The molecule has 1 saturated carbocycles. The van der Waals surface area contributed by atoms with E-state index < -0.39 is 0 Å². The van der Waals surface area contributed by atoms with Crippen LogP contribution in [0.4, 0.5) is 0 Å². The molecule has 2 atom stereocenters. The molecule has 0 aromatic heterocycles. The van der Waals surface area contributed by atoms with Crippen LogP contribution in [0.25, 0.3) is 11.1 Å². The minimum Gasteiger partial charge on any atom is -0.497 e. The molecule has 0 aliphatic heterocycles. The topological polar surface area (TPSA) is 18.5 Å². The Kier molecular flexibility index (Phi) is 3.05. The van der Waals surface area contributed by atoms with Crippen molar-refractivity contribution in [1.82, 2.24) is 0 Å². The van der Waals surface area contributed by atoms with E-state index in [2.05, 4.69) is 62.4 Å². The molecule has 0 N–H and O–H groups in total. The number of allylic oxidation sites excluding steroid dienone is 4. The van der Waals surface area contributed by atoms with Crippen LogP contribution in [-0.4, -0.2) is 14.2 Å². The molecule has 0 heterocycles. The summed E-state index contributed by atoms with van der Waals surface area (Å²) < 4.78 is 10.9. The van der Waals surface area contributed by atoms with Crippen LogP contribution in [0.1, 0.15) is 25.0 Å². The highest BCUT2D eigenvalue weighted by Crippen LogP contribution is 2.84. The van der Waals surface area contributed by atoms with Gasteiger partial charge >= 0.3 is 0 Å². The molecule has 132 valence electrons. The van der Waals surface area contributed by atoms with Gasteiger partial charge in [-0.3, -0.25) is 0 Å². The van der Waals surface area contributed by atoms with E-state index in [1.54, 1.807) is 14.2 Å². The maximum Gasteiger partial charge on any atom is 0.119 e. The minimum absolute atomic E-state index is 0.110. The molecule has 1 fully saturated rings. The fraction of sp³-hybridized carbons (Fsp3) is 0.333. The number of hydrogen-bond acceptors (Lipinski definition) is 2. The van der Waals surface area contributed by atoms with E-state index in [1.165, 1.54) is 22.3 Å². The molecule has 2 nitrogen and oxygen atoms in total. The van der Waals surface area contributed by atoms with Crippen LogP contribution < -0.4 is 9.47 Å². The molecule has 2 heteroatoms. The summed E-state index contributed by atoms with van der Waals surface area (Å²) in [5.74, 6) is 3.03. The van der Waals surface area contributed by atoms with Crippen LogP contribution in [-0.2, 0) is 0 Å². The summed E-state index contributed by atoms with van der Waals surface area (Å²) in [5.41, 5.74) is 5.96. The average Bonchev–Trinajstić information content (AvgIpc) is 3.20. The van der Waals surface area contributed by atoms with Crippen LogP contribution >= 0.6 is 0 Å². The van der Waals surface area contributed by atoms with Crippen molar-refractivity contribution in [1.29, 1.82) is 0 Å². The summed E-state index contributed by atoms with van der Waals surface area (Å²) in [6.45, 7) is 4.84. The fourth-order valence-electron chi connectivity index (χ4n) is 5.50. The quantitative estimate of drug-likeness (QED) is 0.733. The standard InChI is InChI=1S/C24H24O2/c1-23-13-19(15-7-5-9-17(11-15)25-3)21-22(24(21,23)2)20(14-23)16-8-6-10-18(12-16)26-4/h5-14,21-22H,1-4H3. The zero-order valence-corrected chi connectivity index (χ0v) is 15.7. The van der Waals surface area contributed by atoms with Gasteiger partial charge in [0, 0.05) is 5.41 Å². The zero-order valence-electron chi connectivity index (χ0n) is 15.7.